The van der Waals surface area contributed by atoms with E-state index < -0.39 is 11.9 Å². The number of alkyl halides is 1. The van der Waals surface area contributed by atoms with Crippen LogP contribution in [-0.2, 0) is 22.7 Å². The number of para-hydroxylation sites is 1. The lowest BCUT2D eigenvalue weighted by molar-refractivity contribution is -0.308. The number of carbonyl (C=O) groups is 2. The number of nitrogens with one attached hydrogen (secondary N) is 1. The molecule has 3 N–H and O–H groups in total. The number of fused-ring (bicyclic) bond motifs is 2. The Bertz CT molecular complexity index is 1800. The quantitative estimate of drug-likeness (QED) is 0.123. The molecule has 6 rings (SSSR count). The maximum atomic E-state index is 13.1. The fourth-order valence-electron chi connectivity index (χ4n) is 5.02. The molecular formula is C33H37IN4O4S2. The van der Waals surface area contributed by atoms with E-state index in [2.05, 4.69) is 58.6 Å². The van der Waals surface area contributed by atoms with E-state index in [4.69, 9.17) is 10.5 Å². The monoisotopic (exact) mass is 744 g/mol. The van der Waals surface area contributed by atoms with Gasteiger partial charge in [0.15, 0.2) is 0 Å². The Labute approximate surface area is 278 Å². The lowest BCUT2D eigenvalue weighted by Gasteiger charge is -2.13. The van der Waals surface area contributed by atoms with Crippen molar-refractivity contribution in [3.63, 3.8) is 0 Å². The fourth-order valence-corrected chi connectivity index (χ4v) is 6.18. The first-order valence-corrected chi connectivity index (χ1v) is 18.8. The number of aromatic nitrogens is 2. The van der Waals surface area contributed by atoms with E-state index in [1.54, 1.807) is 19.4 Å². The number of hydrogen-bond acceptors (Lipinski definition) is 7. The van der Waals surface area contributed by atoms with Crippen LogP contribution >= 0.6 is 33.9 Å². The van der Waals surface area contributed by atoms with Crippen molar-refractivity contribution < 1.29 is 19.4 Å². The number of aryl methyl sites for hydroxylation is 1. The Morgan fingerprint density at radius 2 is 1.89 bits per heavy atom. The Kier molecular flexibility index (Phi) is 11.2. The first-order valence-electron chi connectivity index (χ1n) is 14.0. The van der Waals surface area contributed by atoms with Gasteiger partial charge in [0.1, 0.15) is 17.3 Å². The number of hydrogen-bond donors (Lipinski definition) is 2. The number of rotatable bonds is 6. The van der Waals surface area contributed by atoms with Crippen LogP contribution < -0.4 is 20.9 Å². The van der Waals surface area contributed by atoms with E-state index in [9.17, 15) is 14.7 Å². The predicted octanol–water partition coefficient (Wildman–Crippen LogP) is 6.09. The largest absolute Gasteiger partial charge is 0.550 e. The van der Waals surface area contributed by atoms with E-state index in [0.717, 1.165) is 37.7 Å². The van der Waals surface area contributed by atoms with E-state index in [-0.39, 0.29) is 11.8 Å². The second-order valence-corrected chi connectivity index (χ2v) is 15.6. The highest BCUT2D eigenvalue weighted by Gasteiger charge is 2.41. The third kappa shape index (κ3) is 7.32. The Morgan fingerprint density at radius 1 is 1.20 bits per heavy atom. The summed E-state index contributed by atoms with van der Waals surface area (Å²) < 4.78 is 9.64. The van der Waals surface area contributed by atoms with E-state index in [1.807, 2.05) is 59.5 Å². The number of carbonyl (C=O) groups excluding carboxylic acids is 2. The minimum absolute atomic E-state index is 0.103. The molecule has 3 aromatic heterocycles. The molecule has 1 fully saturated rings. The number of carboxylic acid groups (broad SMARTS) is 1. The van der Waals surface area contributed by atoms with Crippen molar-refractivity contribution in [3.8, 4) is 16.9 Å². The number of nitrogen functional groups attached to an aromatic ring is 1. The molecular weight excluding hydrogens is 707 g/mol. The van der Waals surface area contributed by atoms with Crippen LogP contribution in [0.15, 0.2) is 60.1 Å². The van der Waals surface area contributed by atoms with Gasteiger partial charge in [-0.2, -0.15) is 0 Å². The number of benzene rings is 2. The van der Waals surface area contributed by atoms with Gasteiger partial charge >= 0.3 is 0 Å². The van der Waals surface area contributed by atoms with Crippen LogP contribution in [0.2, 0.25) is 0 Å². The highest BCUT2D eigenvalue weighted by atomic mass is 127. The standard InChI is InChI=1S/C28H24N4O4S.C3H9S.C2H5I/c1-32-21-6-4-3-5-15(21)9-22(32)27(33)31-20-8-7-14(10-23(20)36-2)19-13-37-25-18(12-30-26(29)24(19)25)16-11-17(16)28(34)35;1-4(2)3;1-2-3/h3-10,12-13,16-17H,11H2,1-2H3,(H2,29,30)(H,31,33)(H,34,35);1-3H3;2H2,1H3/q;+1;/p-1. The van der Waals surface area contributed by atoms with Gasteiger partial charge < -0.3 is 30.3 Å². The molecule has 0 saturated heterocycles. The number of ether oxygens (including phenoxy) is 1. The summed E-state index contributed by atoms with van der Waals surface area (Å²) in [5.74, 6) is -0.968. The molecule has 2 atom stereocenters. The average Bonchev–Trinajstić information content (AvgIpc) is 3.54. The number of halogens is 1. The van der Waals surface area contributed by atoms with Crippen molar-refractivity contribution in [2.45, 2.75) is 19.3 Å². The molecule has 0 bridgehead atoms. The van der Waals surface area contributed by atoms with Gasteiger partial charge in [-0.3, -0.25) is 4.79 Å². The minimum atomic E-state index is -1.03. The number of anilines is 2. The third-order valence-corrected chi connectivity index (χ3v) is 8.12. The zero-order chi connectivity index (χ0) is 32.1. The summed E-state index contributed by atoms with van der Waals surface area (Å²) in [6.07, 6.45) is 8.81. The zero-order valence-electron chi connectivity index (χ0n) is 25.6. The first kappa shape index (κ1) is 33.6. The lowest BCUT2D eigenvalue weighted by Crippen LogP contribution is -2.24. The number of methoxy groups -OCH3 is 1. The van der Waals surface area contributed by atoms with Gasteiger partial charge in [-0.1, -0.05) is 53.8 Å². The van der Waals surface area contributed by atoms with Gasteiger partial charge in [0.05, 0.1) is 31.6 Å². The fraction of sp³-hybridized carbons (Fsp3) is 0.303. The topological polar surface area (TPSA) is 122 Å². The molecule has 1 aliphatic carbocycles. The van der Waals surface area contributed by atoms with E-state index in [1.165, 1.54) is 15.8 Å². The van der Waals surface area contributed by atoms with Gasteiger partial charge in [-0.05, 0) is 68.4 Å². The zero-order valence-corrected chi connectivity index (χ0v) is 29.4. The highest BCUT2D eigenvalue weighted by molar-refractivity contribution is 14.1. The summed E-state index contributed by atoms with van der Waals surface area (Å²) in [4.78, 5) is 28.8. The van der Waals surface area contributed by atoms with Crippen molar-refractivity contribution in [3.05, 3.63) is 71.4 Å². The Morgan fingerprint density at radius 3 is 2.50 bits per heavy atom. The molecule has 3 heterocycles. The molecule has 1 aliphatic rings. The molecule has 0 spiro atoms. The van der Waals surface area contributed by atoms with Crippen molar-refractivity contribution in [2.75, 3.05) is 41.4 Å². The van der Waals surface area contributed by atoms with Crippen LogP contribution in [0.25, 0.3) is 32.1 Å². The number of pyridine rings is 1. The summed E-state index contributed by atoms with van der Waals surface area (Å²) in [5.41, 5.74) is 11.0. The van der Waals surface area contributed by atoms with Crippen LogP contribution in [0.5, 0.6) is 5.75 Å². The number of amides is 1. The normalized spacial score (nSPS) is 15.3. The van der Waals surface area contributed by atoms with Gasteiger partial charge in [0.2, 0.25) is 0 Å². The molecule has 0 radical (unpaired) electrons. The van der Waals surface area contributed by atoms with E-state index >= 15 is 0 Å². The molecule has 8 nitrogen and oxygen atoms in total. The summed E-state index contributed by atoms with van der Waals surface area (Å²) in [7, 11) is 4.06. The molecule has 1 amide bonds. The van der Waals surface area contributed by atoms with Crippen molar-refractivity contribution in [2.24, 2.45) is 13.0 Å². The van der Waals surface area contributed by atoms with Crippen molar-refractivity contribution >= 4 is 89.2 Å². The molecule has 2 aromatic carbocycles. The average molecular weight is 745 g/mol. The predicted molar refractivity (Wildman–Crippen MR) is 192 cm³/mol. The molecule has 5 aromatic rings. The maximum absolute atomic E-state index is 13.1. The van der Waals surface area contributed by atoms with Crippen molar-refractivity contribution in [1.82, 2.24) is 9.55 Å². The maximum Gasteiger partial charge on any atom is 0.272 e. The second-order valence-electron chi connectivity index (χ2n) is 10.7. The highest BCUT2D eigenvalue weighted by Crippen LogP contribution is 2.51. The third-order valence-electron chi connectivity index (χ3n) is 7.09. The first-order chi connectivity index (χ1) is 21.0. The number of nitrogens with zero attached hydrogens (tertiary/aromatic N) is 2. The SMILES string of the molecule is CCI.COc1cc(-c2csc3c(C4CC4C(=O)[O-])cnc(N)c23)ccc1NC(=O)c1cc2ccccc2n1C.C[S+](C)C. The molecule has 0 aliphatic heterocycles. The van der Waals surface area contributed by atoms with Gasteiger partial charge in [0.25, 0.3) is 5.91 Å². The minimum Gasteiger partial charge on any atom is -0.550 e. The van der Waals surface area contributed by atoms with E-state index in [0.29, 0.717) is 40.3 Å². The van der Waals surface area contributed by atoms with Gasteiger partial charge in [-0.15, -0.1) is 11.3 Å². The van der Waals surface area contributed by atoms with Crippen LogP contribution in [0.4, 0.5) is 11.5 Å². The van der Waals surface area contributed by atoms with Crippen LogP contribution in [0.3, 0.4) is 0 Å². The summed E-state index contributed by atoms with van der Waals surface area (Å²) in [6, 6.07) is 15.2. The van der Waals surface area contributed by atoms with Gasteiger partial charge in [-0.25, -0.2) is 4.98 Å². The summed E-state index contributed by atoms with van der Waals surface area (Å²) in [5, 5.41) is 18.1. The van der Waals surface area contributed by atoms with Crippen molar-refractivity contribution in [1.29, 1.82) is 0 Å². The molecule has 1 saturated carbocycles. The molecule has 2 unspecified atom stereocenters. The number of thiophene rings is 1. The molecule has 44 heavy (non-hydrogen) atoms. The van der Waals surface area contributed by atoms with Crippen LogP contribution in [0, 0.1) is 5.92 Å². The molecule has 232 valence electrons. The molecule has 11 heteroatoms. The van der Waals surface area contributed by atoms with Crippen LogP contribution in [0.1, 0.15) is 35.3 Å². The number of nitrogens with two attached hydrogens (primary N) is 1. The lowest BCUT2D eigenvalue weighted by atomic mass is 10.0. The number of aliphatic carboxylic acids is 1. The summed E-state index contributed by atoms with van der Waals surface area (Å²) in [6.45, 7) is 2.11. The van der Waals surface area contributed by atoms with Gasteiger partial charge in [0, 0.05) is 51.7 Å². The second kappa shape index (κ2) is 14.7. The van der Waals surface area contributed by atoms with Crippen LogP contribution in [-0.4, -0.2) is 51.7 Å². The Balaban J connectivity index is 0.000000576. The summed E-state index contributed by atoms with van der Waals surface area (Å²) >= 11 is 3.80. The number of carboxylic acids is 1. The Hall–Kier alpha value is -3.29. The smallest absolute Gasteiger partial charge is 0.272 e.